The lowest BCUT2D eigenvalue weighted by molar-refractivity contribution is -0.139. The molecular formula is C17H20N2O4S. The number of fused-ring (bicyclic) bond motifs is 1. The second-order valence-electron chi connectivity index (χ2n) is 6.13. The van der Waals surface area contributed by atoms with Crippen LogP contribution in [0, 0.1) is 0 Å². The largest absolute Gasteiger partial charge is 0.480 e. The number of nitrogens with zero attached hydrogens (tertiary/aromatic N) is 1. The number of carbonyl (C=O) groups excluding carboxylic acids is 2. The van der Waals surface area contributed by atoms with E-state index in [9.17, 15) is 19.5 Å². The number of hydrogen-bond acceptors (Lipinski definition) is 4. The number of carboxylic acids is 1. The van der Waals surface area contributed by atoms with Crippen molar-refractivity contribution in [2.24, 2.45) is 0 Å². The van der Waals surface area contributed by atoms with E-state index in [1.54, 1.807) is 24.3 Å². The Hall–Kier alpha value is -2.02. The summed E-state index contributed by atoms with van der Waals surface area (Å²) in [5.74, 6) is -1.97. The molecule has 1 aliphatic heterocycles. The van der Waals surface area contributed by atoms with Crippen molar-refractivity contribution >= 4 is 35.2 Å². The molecule has 1 atom stereocenters. The zero-order valence-electron chi connectivity index (χ0n) is 13.2. The lowest BCUT2D eigenvalue weighted by Gasteiger charge is -2.32. The van der Waals surface area contributed by atoms with Gasteiger partial charge in [0.1, 0.15) is 6.54 Å². The highest BCUT2D eigenvalue weighted by molar-refractivity contribution is 8.01. The van der Waals surface area contributed by atoms with E-state index in [-0.39, 0.29) is 18.5 Å². The molecule has 0 saturated heterocycles. The lowest BCUT2D eigenvalue weighted by atomic mass is 9.95. The summed E-state index contributed by atoms with van der Waals surface area (Å²) in [5.41, 5.74) is 0.601. The molecule has 6 nitrogen and oxygen atoms in total. The van der Waals surface area contributed by atoms with Gasteiger partial charge in [0.25, 0.3) is 5.91 Å². The Kier molecular flexibility index (Phi) is 5.08. The number of carboxylic acid groups (broad SMARTS) is 1. The SMILES string of the molecule is O=C(CN1C(=O)C(C(=O)O)Sc2ccccc21)NC1CCCCC1. The van der Waals surface area contributed by atoms with E-state index in [1.807, 2.05) is 0 Å². The molecule has 3 rings (SSSR count). The van der Waals surface area contributed by atoms with Gasteiger partial charge in [-0.15, -0.1) is 0 Å². The van der Waals surface area contributed by atoms with E-state index in [0.717, 1.165) is 37.4 Å². The summed E-state index contributed by atoms with van der Waals surface area (Å²) in [6, 6.07) is 7.24. The Morgan fingerprint density at radius 2 is 1.92 bits per heavy atom. The van der Waals surface area contributed by atoms with Crippen LogP contribution in [0.5, 0.6) is 0 Å². The van der Waals surface area contributed by atoms with Crippen molar-refractivity contribution in [1.82, 2.24) is 5.32 Å². The molecule has 2 N–H and O–H groups in total. The summed E-state index contributed by atoms with van der Waals surface area (Å²) in [4.78, 5) is 38.2. The molecule has 24 heavy (non-hydrogen) atoms. The fourth-order valence-corrected chi connectivity index (χ4v) is 4.24. The molecular weight excluding hydrogens is 328 g/mol. The summed E-state index contributed by atoms with van der Waals surface area (Å²) in [6.07, 6.45) is 5.33. The average Bonchev–Trinajstić information content (AvgIpc) is 2.58. The average molecular weight is 348 g/mol. The van der Waals surface area contributed by atoms with Gasteiger partial charge in [0.2, 0.25) is 5.91 Å². The van der Waals surface area contributed by atoms with Crippen LogP contribution >= 0.6 is 11.8 Å². The van der Waals surface area contributed by atoms with E-state index in [4.69, 9.17) is 0 Å². The summed E-state index contributed by atoms with van der Waals surface area (Å²) < 4.78 is 0. The second-order valence-corrected chi connectivity index (χ2v) is 7.28. The molecule has 128 valence electrons. The fourth-order valence-electron chi connectivity index (χ4n) is 3.20. The van der Waals surface area contributed by atoms with Gasteiger partial charge in [0, 0.05) is 10.9 Å². The minimum atomic E-state index is -1.21. The molecule has 0 spiro atoms. The Labute approximate surface area is 144 Å². The van der Waals surface area contributed by atoms with Gasteiger partial charge in [-0.2, -0.15) is 0 Å². The number of nitrogens with one attached hydrogen (secondary N) is 1. The molecule has 1 aliphatic carbocycles. The number of hydrogen-bond donors (Lipinski definition) is 2. The van der Waals surface area contributed by atoms with Gasteiger partial charge in [-0.25, -0.2) is 0 Å². The highest BCUT2D eigenvalue weighted by atomic mass is 32.2. The molecule has 0 bridgehead atoms. The van der Waals surface area contributed by atoms with Gasteiger partial charge in [-0.3, -0.25) is 14.4 Å². The topological polar surface area (TPSA) is 86.7 Å². The maximum absolute atomic E-state index is 12.5. The number of anilines is 1. The summed E-state index contributed by atoms with van der Waals surface area (Å²) in [6.45, 7) is -0.142. The van der Waals surface area contributed by atoms with E-state index < -0.39 is 17.1 Å². The van der Waals surface area contributed by atoms with Crippen molar-refractivity contribution < 1.29 is 19.5 Å². The highest BCUT2D eigenvalue weighted by Crippen LogP contribution is 2.39. The van der Waals surface area contributed by atoms with E-state index in [2.05, 4.69) is 5.32 Å². The molecule has 0 radical (unpaired) electrons. The summed E-state index contributed by atoms with van der Waals surface area (Å²) in [5, 5.41) is 11.0. The van der Waals surface area contributed by atoms with Crippen LogP contribution in [-0.4, -0.2) is 40.7 Å². The third kappa shape index (κ3) is 3.56. The van der Waals surface area contributed by atoms with Crippen LogP contribution in [0.25, 0.3) is 0 Å². The number of rotatable bonds is 4. The quantitative estimate of drug-likeness (QED) is 0.813. The van der Waals surface area contributed by atoms with Crippen LogP contribution in [0.15, 0.2) is 29.2 Å². The molecule has 1 unspecified atom stereocenters. The predicted octanol–water partition coefficient (Wildman–Crippen LogP) is 2.03. The van der Waals surface area contributed by atoms with Crippen molar-refractivity contribution in [3.8, 4) is 0 Å². The highest BCUT2D eigenvalue weighted by Gasteiger charge is 2.39. The molecule has 2 amide bonds. The standard InChI is InChI=1S/C17H20N2O4S/c20-14(18-11-6-2-1-3-7-11)10-19-12-8-4-5-9-13(12)24-15(16(19)21)17(22)23/h4-5,8-9,11,15H,1-3,6-7,10H2,(H,18,20)(H,22,23). The van der Waals surface area contributed by atoms with Crippen molar-refractivity contribution in [3.63, 3.8) is 0 Å². The number of para-hydroxylation sites is 1. The molecule has 1 saturated carbocycles. The summed E-state index contributed by atoms with van der Waals surface area (Å²) in [7, 11) is 0. The van der Waals surface area contributed by atoms with Gasteiger partial charge in [-0.05, 0) is 25.0 Å². The minimum absolute atomic E-state index is 0.142. The first kappa shape index (κ1) is 16.8. The molecule has 1 aromatic rings. The first-order valence-electron chi connectivity index (χ1n) is 8.15. The van der Waals surface area contributed by atoms with Crippen molar-refractivity contribution in [2.75, 3.05) is 11.4 Å². The van der Waals surface area contributed by atoms with E-state index in [1.165, 1.54) is 11.3 Å². The van der Waals surface area contributed by atoms with Gasteiger partial charge >= 0.3 is 5.97 Å². The fraction of sp³-hybridized carbons (Fsp3) is 0.471. The van der Waals surface area contributed by atoms with Crippen LogP contribution in [0.4, 0.5) is 5.69 Å². The number of amides is 2. The monoisotopic (exact) mass is 348 g/mol. The van der Waals surface area contributed by atoms with Crippen molar-refractivity contribution in [1.29, 1.82) is 0 Å². The second kappa shape index (κ2) is 7.25. The maximum Gasteiger partial charge on any atom is 0.326 e. The smallest absolute Gasteiger partial charge is 0.326 e. The van der Waals surface area contributed by atoms with Crippen molar-refractivity contribution in [3.05, 3.63) is 24.3 Å². The first-order valence-corrected chi connectivity index (χ1v) is 9.03. The van der Waals surface area contributed by atoms with E-state index in [0.29, 0.717) is 10.6 Å². The Balaban J connectivity index is 1.75. The predicted molar refractivity (Wildman–Crippen MR) is 91.1 cm³/mol. The molecule has 2 aliphatic rings. The number of aliphatic carboxylic acids is 1. The Morgan fingerprint density at radius 3 is 2.62 bits per heavy atom. The van der Waals surface area contributed by atoms with Crippen LogP contribution < -0.4 is 10.2 Å². The van der Waals surface area contributed by atoms with Crippen LogP contribution in [0.1, 0.15) is 32.1 Å². The zero-order valence-corrected chi connectivity index (χ0v) is 14.1. The summed E-state index contributed by atoms with van der Waals surface area (Å²) >= 11 is 1.02. The van der Waals surface area contributed by atoms with Crippen molar-refractivity contribution in [2.45, 2.75) is 48.3 Å². The third-order valence-corrected chi connectivity index (χ3v) is 5.63. The van der Waals surface area contributed by atoms with E-state index >= 15 is 0 Å². The Morgan fingerprint density at radius 1 is 1.21 bits per heavy atom. The van der Waals surface area contributed by atoms with Crippen LogP contribution in [0.3, 0.4) is 0 Å². The van der Waals surface area contributed by atoms with Crippen LogP contribution in [0.2, 0.25) is 0 Å². The number of benzene rings is 1. The molecule has 1 heterocycles. The maximum atomic E-state index is 12.5. The number of thioether (sulfide) groups is 1. The third-order valence-electron chi connectivity index (χ3n) is 4.39. The molecule has 0 aromatic heterocycles. The van der Waals surface area contributed by atoms with Gasteiger partial charge in [0.05, 0.1) is 5.69 Å². The molecule has 7 heteroatoms. The Bertz CT molecular complexity index is 658. The first-order chi connectivity index (χ1) is 11.6. The van der Waals surface area contributed by atoms with Crippen LogP contribution in [-0.2, 0) is 14.4 Å². The molecule has 1 aromatic carbocycles. The van der Waals surface area contributed by atoms with Gasteiger partial charge < -0.3 is 15.3 Å². The lowest BCUT2D eigenvalue weighted by Crippen LogP contribution is -2.50. The van der Waals surface area contributed by atoms with Gasteiger partial charge in [-0.1, -0.05) is 43.2 Å². The van der Waals surface area contributed by atoms with Gasteiger partial charge in [0.15, 0.2) is 5.25 Å². The molecule has 1 fully saturated rings. The number of carbonyl (C=O) groups is 3. The minimum Gasteiger partial charge on any atom is -0.480 e. The zero-order chi connectivity index (χ0) is 17.1. The normalized spacial score (nSPS) is 21.2.